The van der Waals surface area contributed by atoms with E-state index in [4.69, 9.17) is 9.68 Å². The van der Waals surface area contributed by atoms with Crippen LogP contribution in [0.25, 0.3) is 33.7 Å². The molecule has 0 spiro atoms. The molecule has 27 heavy (non-hydrogen) atoms. The summed E-state index contributed by atoms with van der Waals surface area (Å²) in [5, 5.41) is 8.86. The van der Waals surface area contributed by atoms with E-state index >= 15 is 0 Å². The van der Waals surface area contributed by atoms with E-state index in [1.807, 2.05) is 6.07 Å². The number of aromatic nitrogens is 1. The van der Waals surface area contributed by atoms with Crippen LogP contribution in [0.4, 0.5) is 13.2 Å². The lowest BCUT2D eigenvalue weighted by molar-refractivity contribution is -0.137. The summed E-state index contributed by atoms with van der Waals surface area (Å²) >= 11 is 0. The van der Waals surface area contributed by atoms with Gasteiger partial charge in [-0.05, 0) is 59.7 Å². The van der Waals surface area contributed by atoms with Crippen LogP contribution in [0.5, 0.6) is 0 Å². The van der Waals surface area contributed by atoms with Crippen molar-refractivity contribution in [3.05, 3.63) is 77.9 Å². The average molecular weight is 364 g/mol. The summed E-state index contributed by atoms with van der Waals surface area (Å²) in [5.74, 6) is 0.416. The van der Waals surface area contributed by atoms with Crippen LogP contribution >= 0.6 is 0 Å². The van der Waals surface area contributed by atoms with Gasteiger partial charge in [-0.25, -0.2) is 4.98 Å². The highest BCUT2D eigenvalue weighted by Gasteiger charge is 2.29. The SMILES string of the molecule is N#Cc1ccc(-c2nc3ccc(-c4ccc(C(F)(F)F)cc4)cc3o2)cc1. The molecule has 0 aliphatic rings. The van der Waals surface area contributed by atoms with Crippen molar-refractivity contribution in [3.63, 3.8) is 0 Å². The Morgan fingerprint density at radius 2 is 1.44 bits per heavy atom. The molecule has 0 aliphatic carbocycles. The molecule has 4 aromatic rings. The van der Waals surface area contributed by atoms with Gasteiger partial charge >= 0.3 is 6.18 Å². The first-order chi connectivity index (χ1) is 12.9. The van der Waals surface area contributed by atoms with Crippen LogP contribution in [-0.4, -0.2) is 4.98 Å². The van der Waals surface area contributed by atoms with Crippen molar-refractivity contribution < 1.29 is 17.6 Å². The third kappa shape index (κ3) is 3.27. The standard InChI is InChI=1S/C21H11F3N2O/c22-21(23,24)17-8-5-14(6-9-17)16-7-10-18-19(11-16)27-20(26-18)15-3-1-13(12-25)2-4-15/h1-11H. The number of hydrogen-bond donors (Lipinski definition) is 0. The lowest BCUT2D eigenvalue weighted by atomic mass is 10.0. The molecule has 3 nitrogen and oxygen atoms in total. The number of nitriles is 1. The average Bonchev–Trinajstić information content (AvgIpc) is 3.11. The number of alkyl halides is 3. The lowest BCUT2D eigenvalue weighted by Gasteiger charge is -2.07. The molecule has 1 heterocycles. The first-order valence-corrected chi connectivity index (χ1v) is 8.03. The van der Waals surface area contributed by atoms with Crippen molar-refractivity contribution in [3.8, 4) is 28.7 Å². The summed E-state index contributed by atoms with van der Waals surface area (Å²) < 4.78 is 43.9. The van der Waals surface area contributed by atoms with Gasteiger partial charge in [0.15, 0.2) is 5.58 Å². The summed E-state index contributed by atoms with van der Waals surface area (Å²) in [4.78, 5) is 4.42. The number of fused-ring (bicyclic) bond motifs is 1. The molecule has 0 atom stereocenters. The molecule has 1 aromatic heterocycles. The Bertz CT molecular complexity index is 1150. The third-order valence-corrected chi connectivity index (χ3v) is 4.19. The molecule has 0 unspecified atom stereocenters. The lowest BCUT2D eigenvalue weighted by Crippen LogP contribution is -2.03. The quantitative estimate of drug-likeness (QED) is 0.435. The Kier molecular flexibility index (Phi) is 3.93. The van der Waals surface area contributed by atoms with Crippen molar-refractivity contribution >= 4 is 11.1 Å². The highest BCUT2D eigenvalue weighted by molar-refractivity contribution is 5.82. The summed E-state index contributed by atoms with van der Waals surface area (Å²) in [5.41, 5.74) is 3.16. The van der Waals surface area contributed by atoms with Gasteiger partial charge in [0.05, 0.1) is 17.2 Å². The highest BCUT2D eigenvalue weighted by Crippen LogP contribution is 2.32. The van der Waals surface area contributed by atoms with Crippen molar-refractivity contribution in [1.82, 2.24) is 4.98 Å². The van der Waals surface area contributed by atoms with Crippen LogP contribution in [0.2, 0.25) is 0 Å². The number of hydrogen-bond acceptors (Lipinski definition) is 3. The molecule has 0 amide bonds. The zero-order valence-electron chi connectivity index (χ0n) is 13.8. The molecule has 4 rings (SSSR count). The second-order valence-electron chi connectivity index (χ2n) is 5.97. The Balaban J connectivity index is 1.69. The molecule has 0 saturated carbocycles. The van der Waals surface area contributed by atoms with Gasteiger partial charge < -0.3 is 4.42 Å². The first kappa shape index (κ1) is 16.9. The topological polar surface area (TPSA) is 49.8 Å². The van der Waals surface area contributed by atoms with Gasteiger partial charge in [-0.2, -0.15) is 18.4 Å². The van der Waals surface area contributed by atoms with Crippen LogP contribution in [0, 0.1) is 11.3 Å². The second-order valence-corrected chi connectivity index (χ2v) is 5.97. The van der Waals surface area contributed by atoms with E-state index in [1.165, 1.54) is 12.1 Å². The summed E-state index contributed by atoms with van der Waals surface area (Å²) in [6.45, 7) is 0. The van der Waals surface area contributed by atoms with Gasteiger partial charge in [0.2, 0.25) is 5.89 Å². The number of halogens is 3. The van der Waals surface area contributed by atoms with Crippen LogP contribution in [-0.2, 0) is 6.18 Å². The molecular formula is C21H11F3N2O. The van der Waals surface area contributed by atoms with Gasteiger partial charge in [0.25, 0.3) is 0 Å². The molecule has 0 radical (unpaired) electrons. The molecule has 0 bridgehead atoms. The second kappa shape index (κ2) is 6.29. The first-order valence-electron chi connectivity index (χ1n) is 8.03. The molecule has 0 aliphatic heterocycles. The molecule has 3 aromatic carbocycles. The molecule has 6 heteroatoms. The fraction of sp³-hybridized carbons (Fsp3) is 0.0476. The fourth-order valence-electron chi connectivity index (χ4n) is 2.77. The summed E-state index contributed by atoms with van der Waals surface area (Å²) in [6, 6.07) is 19.2. The van der Waals surface area contributed by atoms with E-state index in [1.54, 1.807) is 42.5 Å². The van der Waals surface area contributed by atoms with Gasteiger partial charge in [-0.15, -0.1) is 0 Å². The molecule has 0 saturated heterocycles. The van der Waals surface area contributed by atoms with Crippen LogP contribution in [0.1, 0.15) is 11.1 Å². The smallest absolute Gasteiger partial charge is 0.416 e. The van der Waals surface area contributed by atoms with Crippen LogP contribution in [0.3, 0.4) is 0 Å². The van der Waals surface area contributed by atoms with Crippen molar-refractivity contribution in [2.24, 2.45) is 0 Å². The Labute approximate surface area is 152 Å². The zero-order valence-corrected chi connectivity index (χ0v) is 13.8. The number of benzene rings is 3. The van der Waals surface area contributed by atoms with Crippen LogP contribution in [0.15, 0.2) is 71.1 Å². The maximum absolute atomic E-state index is 12.7. The van der Waals surface area contributed by atoms with Crippen molar-refractivity contribution in [2.75, 3.05) is 0 Å². The van der Waals surface area contributed by atoms with E-state index in [-0.39, 0.29) is 0 Å². The Morgan fingerprint density at radius 1 is 0.815 bits per heavy atom. The monoisotopic (exact) mass is 364 g/mol. The largest absolute Gasteiger partial charge is 0.436 e. The molecule has 132 valence electrons. The number of rotatable bonds is 2. The van der Waals surface area contributed by atoms with E-state index in [9.17, 15) is 13.2 Å². The van der Waals surface area contributed by atoms with Gasteiger partial charge in [0.1, 0.15) is 5.52 Å². The predicted molar refractivity (Wildman–Crippen MR) is 94.6 cm³/mol. The van der Waals surface area contributed by atoms with Gasteiger partial charge in [0, 0.05) is 5.56 Å². The van der Waals surface area contributed by atoms with Crippen molar-refractivity contribution in [2.45, 2.75) is 6.18 Å². The van der Waals surface area contributed by atoms with Gasteiger partial charge in [-0.1, -0.05) is 18.2 Å². The normalized spacial score (nSPS) is 11.5. The Morgan fingerprint density at radius 3 is 2.07 bits per heavy atom. The van der Waals surface area contributed by atoms with E-state index in [0.29, 0.717) is 28.1 Å². The molecule has 0 fully saturated rings. The maximum Gasteiger partial charge on any atom is 0.416 e. The minimum Gasteiger partial charge on any atom is -0.436 e. The predicted octanol–water partition coefficient (Wildman–Crippen LogP) is 6.05. The fourth-order valence-corrected chi connectivity index (χ4v) is 2.77. The van der Waals surface area contributed by atoms with Crippen LogP contribution < -0.4 is 0 Å². The number of oxazole rings is 1. The maximum atomic E-state index is 12.7. The van der Waals surface area contributed by atoms with Gasteiger partial charge in [-0.3, -0.25) is 0 Å². The molecule has 0 N–H and O–H groups in total. The third-order valence-electron chi connectivity index (χ3n) is 4.19. The summed E-state index contributed by atoms with van der Waals surface area (Å²) in [7, 11) is 0. The van der Waals surface area contributed by atoms with E-state index in [2.05, 4.69) is 4.98 Å². The van der Waals surface area contributed by atoms with E-state index in [0.717, 1.165) is 23.3 Å². The Hall–Kier alpha value is -3.59. The number of nitrogens with zero attached hydrogens (tertiary/aromatic N) is 2. The highest BCUT2D eigenvalue weighted by atomic mass is 19.4. The molecular weight excluding hydrogens is 353 g/mol. The zero-order chi connectivity index (χ0) is 19.0. The summed E-state index contributed by atoms with van der Waals surface area (Å²) in [6.07, 6.45) is -4.36. The minimum absolute atomic E-state index is 0.416. The van der Waals surface area contributed by atoms with Crippen molar-refractivity contribution in [1.29, 1.82) is 5.26 Å². The van der Waals surface area contributed by atoms with E-state index < -0.39 is 11.7 Å². The minimum atomic E-state index is -4.36.